The second kappa shape index (κ2) is 9.57. The van der Waals surface area contributed by atoms with Crippen LogP contribution in [0.3, 0.4) is 0 Å². The zero-order valence-electron chi connectivity index (χ0n) is 16.7. The Labute approximate surface area is 189 Å². The van der Waals surface area contributed by atoms with E-state index in [0.717, 1.165) is 18.3 Å². The van der Waals surface area contributed by atoms with Crippen LogP contribution in [-0.4, -0.2) is 95.1 Å². The van der Waals surface area contributed by atoms with Gasteiger partial charge < -0.3 is 30.1 Å². The number of likely N-dealkylation sites (tertiary alicyclic amines) is 1. The largest absolute Gasteiger partial charge is 0.550 e. The number of morpholine rings is 1. The lowest BCUT2D eigenvalue weighted by atomic mass is 9.85. The predicted octanol–water partition coefficient (Wildman–Crippen LogP) is 0.284. The van der Waals surface area contributed by atoms with Crippen molar-refractivity contribution in [2.24, 2.45) is 5.73 Å². The van der Waals surface area contributed by atoms with E-state index in [0.29, 0.717) is 57.4 Å². The Morgan fingerprint density at radius 3 is 2.80 bits per heavy atom. The van der Waals surface area contributed by atoms with Crippen molar-refractivity contribution in [3.05, 3.63) is 23.3 Å². The Morgan fingerprint density at radius 2 is 2.10 bits per heavy atom. The second-order valence-corrected chi connectivity index (χ2v) is 9.37. The SMILES string of the molecule is NC(CN1CC(Oc2ccc3c(c2C(=O)O)OB(I)CC3)C1)C(O)N1CCOCC1. The van der Waals surface area contributed by atoms with Crippen LogP contribution in [0.15, 0.2) is 12.1 Å². The molecule has 164 valence electrons. The molecule has 0 saturated carbocycles. The third kappa shape index (κ3) is 4.86. The summed E-state index contributed by atoms with van der Waals surface area (Å²) >= 11 is 2.18. The monoisotopic (exact) mass is 531 g/mol. The molecule has 0 aromatic heterocycles. The molecule has 9 nitrogen and oxygen atoms in total. The number of carbonyl (C=O) groups is 1. The molecule has 4 N–H and O–H groups in total. The molecule has 2 atom stereocenters. The summed E-state index contributed by atoms with van der Waals surface area (Å²) < 4.78 is 17.1. The van der Waals surface area contributed by atoms with Crippen molar-refractivity contribution in [2.75, 3.05) is 45.9 Å². The van der Waals surface area contributed by atoms with Crippen molar-refractivity contribution in [3.63, 3.8) is 0 Å². The molecule has 0 radical (unpaired) electrons. The molecule has 2 unspecified atom stereocenters. The zero-order valence-corrected chi connectivity index (χ0v) is 18.9. The molecule has 3 heterocycles. The number of nitrogens with zero attached hydrogens (tertiary/aromatic N) is 2. The minimum atomic E-state index is -1.04. The van der Waals surface area contributed by atoms with E-state index in [4.69, 9.17) is 19.9 Å². The molecule has 1 aromatic carbocycles. The number of carboxylic acid groups (broad SMARTS) is 1. The number of fused-ring (bicyclic) bond motifs is 1. The summed E-state index contributed by atoms with van der Waals surface area (Å²) in [6.07, 6.45) is 0.838. The van der Waals surface area contributed by atoms with Gasteiger partial charge in [0.05, 0.1) is 19.3 Å². The maximum absolute atomic E-state index is 11.9. The first-order valence-electron chi connectivity index (χ1n) is 10.3. The normalized spacial score (nSPS) is 22.6. The van der Waals surface area contributed by atoms with Gasteiger partial charge in [0.15, 0.2) is 0 Å². The van der Waals surface area contributed by atoms with Gasteiger partial charge >= 0.3 is 10.7 Å². The maximum atomic E-state index is 11.9. The number of ether oxygens (including phenoxy) is 2. The van der Waals surface area contributed by atoms with Crippen molar-refractivity contribution < 1.29 is 29.1 Å². The molecule has 2 saturated heterocycles. The van der Waals surface area contributed by atoms with Gasteiger partial charge in [0.1, 0.15) is 29.4 Å². The number of aryl methyl sites for hydroxylation is 1. The maximum Gasteiger partial charge on any atom is 0.429 e. The molecule has 0 spiro atoms. The van der Waals surface area contributed by atoms with Crippen LogP contribution in [0, 0.1) is 0 Å². The number of nitrogens with two attached hydrogens (primary N) is 1. The van der Waals surface area contributed by atoms with Crippen molar-refractivity contribution in [1.29, 1.82) is 0 Å². The minimum absolute atomic E-state index is 0.0398. The molecule has 0 bridgehead atoms. The second-order valence-electron chi connectivity index (χ2n) is 7.98. The standard InChI is InChI=1S/C19H27BIN3O6/c21-20-4-3-12-1-2-15(16(19(26)27)17(12)30-20)29-13-9-23(10-13)11-14(22)18(25)24-5-7-28-8-6-24/h1-2,13-14,18,25H,3-11,22H2,(H,26,27). The predicted molar refractivity (Wildman–Crippen MR) is 120 cm³/mol. The smallest absolute Gasteiger partial charge is 0.429 e. The Bertz CT molecular complexity index is 775. The van der Waals surface area contributed by atoms with Gasteiger partial charge in [-0.1, -0.05) is 28.4 Å². The fraction of sp³-hybridized carbons (Fsp3) is 0.632. The number of halogens is 1. The summed E-state index contributed by atoms with van der Waals surface area (Å²) in [6.45, 7) is 4.39. The third-order valence-electron chi connectivity index (χ3n) is 5.79. The van der Waals surface area contributed by atoms with Gasteiger partial charge in [0.25, 0.3) is 0 Å². The van der Waals surface area contributed by atoms with Gasteiger partial charge in [0.2, 0.25) is 0 Å². The van der Waals surface area contributed by atoms with Crippen LogP contribution in [0.5, 0.6) is 11.5 Å². The Morgan fingerprint density at radius 1 is 1.37 bits per heavy atom. The van der Waals surface area contributed by atoms with Crippen molar-refractivity contribution in [2.45, 2.75) is 31.1 Å². The lowest BCUT2D eigenvalue weighted by Crippen LogP contribution is -2.61. The van der Waals surface area contributed by atoms with Gasteiger partial charge in [0, 0.05) is 32.7 Å². The zero-order chi connectivity index (χ0) is 21.3. The first-order valence-corrected chi connectivity index (χ1v) is 11.5. The highest BCUT2D eigenvalue weighted by molar-refractivity contribution is 14.1. The third-order valence-corrected chi connectivity index (χ3v) is 6.67. The van der Waals surface area contributed by atoms with Gasteiger partial charge in [-0.3, -0.25) is 9.80 Å². The van der Waals surface area contributed by atoms with Crippen LogP contribution in [0.25, 0.3) is 0 Å². The molecule has 2 fully saturated rings. The van der Waals surface area contributed by atoms with E-state index in [2.05, 4.69) is 27.3 Å². The van der Waals surface area contributed by atoms with Crippen LogP contribution in [0.4, 0.5) is 0 Å². The quantitative estimate of drug-likeness (QED) is 0.337. The van der Waals surface area contributed by atoms with Gasteiger partial charge in [-0.25, -0.2) is 4.79 Å². The van der Waals surface area contributed by atoms with Crippen LogP contribution < -0.4 is 15.1 Å². The highest BCUT2D eigenvalue weighted by Gasteiger charge is 2.35. The fourth-order valence-corrected chi connectivity index (χ4v) is 4.69. The lowest BCUT2D eigenvalue weighted by molar-refractivity contribution is -0.0797. The minimum Gasteiger partial charge on any atom is -0.550 e. The topological polar surface area (TPSA) is 118 Å². The number of hydrogen-bond acceptors (Lipinski definition) is 8. The summed E-state index contributed by atoms with van der Waals surface area (Å²) in [6, 6.07) is 3.23. The van der Waals surface area contributed by atoms with E-state index in [-0.39, 0.29) is 16.4 Å². The average molecular weight is 531 g/mol. The first kappa shape index (κ1) is 22.1. The first-order chi connectivity index (χ1) is 14.4. The van der Waals surface area contributed by atoms with Crippen LogP contribution in [-0.2, 0) is 11.2 Å². The molecule has 3 aliphatic rings. The van der Waals surface area contributed by atoms with E-state index < -0.39 is 18.2 Å². The van der Waals surface area contributed by atoms with Crippen LogP contribution in [0.1, 0.15) is 15.9 Å². The van der Waals surface area contributed by atoms with Crippen molar-refractivity contribution >= 4 is 33.1 Å². The number of aromatic carboxylic acids is 1. The highest BCUT2D eigenvalue weighted by Crippen LogP contribution is 2.38. The van der Waals surface area contributed by atoms with Gasteiger partial charge in [-0.15, -0.1) is 0 Å². The van der Waals surface area contributed by atoms with Crippen molar-refractivity contribution in [1.82, 2.24) is 9.80 Å². The molecule has 4 rings (SSSR count). The summed E-state index contributed by atoms with van der Waals surface area (Å²) in [7, 11) is 0. The number of rotatable bonds is 7. The molecule has 3 aliphatic heterocycles. The number of benzene rings is 1. The summed E-state index contributed by atoms with van der Waals surface area (Å²) in [4.78, 5) is 15.9. The van der Waals surface area contributed by atoms with Gasteiger partial charge in [-0.05, 0) is 24.4 Å². The molecule has 1 aromatic rings. The molecule has 0 amide bonds. The number of hydrogen-bond donors (Lipinski definition) is 3. The molecule has 11 heteroatoms. The molecule has 0 aliphatic carbocycles. The Balaban J connectivity index is 1.33. The molecular formula is C19H27BIN3O6. The van der Waals surface area contributed by atoms with Crippen molar-refractivity contribution in [3.8, 4) is 11.5 Å². The number of carboxylic acids is 1. The summed E-state index contributed by atoms with van der Waals surface area (Å²) in [5.74, 6) is -0.272. The van der Waals surface area contributed by atoms with E-state index in [1.807, 2.05) is 11.0 Å². The van der Waals surface area contributed by atoms with E-state index in [9.17, 15) is 15.0 Å². The highest BCUT2D eigenvalue weighted by atomic mass is 127. The molecular weight excluding hydrogens is 504 g/mol. The Kier molecular flexibility index (Phi) is 7.05. The average Bonchev–Trinajstić information content (AvgIpc) is 2.71. The molecule has 30 heavy (non-hydrogen) atoms. The number of aliphatic hydroxyl groups excluding tert-OH is 1. The van der Waals surface area contributed by atoms with E-state index >= 15 is 0 Å². The fourth-order valence-electron chi connectivity index (χ4n) is 4.13. The van der Waals surface area contributed by atoms with E-state index in [1.165, 1.54) is 0 Å². The lowest BCUT2D eigenvalue weighted by Gasteiger charge is -2.42. The van der Waals surface area contributed by atoms with E-state index in [1.54, 1.807) is 6.07 Å². The summed E-state index contributed by atoms with van der Waals surface area (Å²) in [5, 5.41) is 20.2. The number of aliphatic hydroxyl groups is 1. The van der Waals surface area contributed by atoms with Crippen LogP contribution in [0.2, 0.25) is 6.32 Å². The Hall–Kier alpha value is -1.12. The van der Waals surface area contributed by atoms with Crippen LogP contribution >= 0.6 is 22.4 Å². The summed E-state index contributed by atoms with van der Waals surface area (Å²) in [5.41, 5.74) is 7.21. The van der Waals surface area contributed by atoms with Gasteiger partial charge in [-0.2, -0.15) is 0 Å².